The molecule has 0 spiro atoms. The number of hydrogen-bond acceptors (Lipinski definition) is 3. The molecular weight excluding hydrogens is 272 g/mol. The van der Waals surface area contributed by atoms with Crippen LogP contribution in [0.15, 0.2) is 30.3 Å². The summed E-state index contributed by atoms with van der Waals surface area (Å²) >= 11 is 0. The van der Waals surface area contributed by atoms with Crippen molar-refractivity contribution in [1.29, 1.82) is 0 Å². The molecule has 1 heterocycles. The molecule has 1 fully saturated rings. The summed E-state index contributed by atoms with van der Waals surface area (Å²) in [6.45, 7) is 4.74. The lowest BCUT2D eigenvalue weighted by Crippen LogP contribution is -2.38. The van der Waals surface area contributed by atoms with Crippen molar-refractivity contribution in [3.8, 4) is 0 Å². The van der Waals surface area contributed by atoms with Gasteiger partial charge in [-0.05, 0) is 39.0 Å². The Morgan fingerprint density at radius 2 is 1.67 bits per heavy atom. The fourth-order valence-corrected chi connectivity index (χ4v) is 2.78. The summed E-state index contributed by atoms with van der Waals surface area (Å²) in [7, 11) is 0. The first-order valence-corrected chi connectivity index (χ1v) is 7.70. The van der Waals surface area contributed by atoms with Crippen molar-refractivity contribution in [3.63, 3.8) is 0 Å². The maximum absolute atomic E-state index is 14.3. The lowest BCUT2D eigenvalue weighted by Gasteiger charge is -2.26. The summed E-state index contributed by atoms with van der Waals surface area (Å²) in [5.74, 6) is -2.78. The highest BCUT2D eigenvalue weighted by molar-refractivity contribution is 5.20. The average Bonchev–Trinajstić information content (AvgIpc) is 2.71. The minimum absolute atomic E-state index is 0.106. The predicted octanol–water partition coefficient (Wildman–Crippen LogP) is 2.13. The van der Waals surface area contributed by atoms with Crippen LogP contribution in [0.2, 0.25) is 0 Å². The second-order valence-electron chi connectivity index (χ2n) is 5.68. The predicted molar refractivity (Wildman–Crippen MR) is 81.5 cm³/mol. The van der Waals surface area contributed by atoms with Gasteiger partial charge < -0.3 is 10.6 Å². The van der Waals surface area contributed by atoms with E-state index in [1.54, 1.807) is 18.2 Å². The summed E-state index contributed by atoms with van der Waals surface area (Å²) in [6.07, 6.45) is 1.91. The number of alkyl halides is 2. The van der Waals surface area contributed by atoms with E-state index in [0.29, 0.717) is 13.1 Å². The minimum atomic E-state index is -2.78. The normalized spacial score (nSPS) is 18.6. The molecule has 1 saturated heterocycles. The van der Waals surface area contributed by atoms with Gasteiger partial charge in [0.2, 0.25) is 0 Å². The maximum Gasteiger partial charge on any atom is 0.285 e. The Morgan fingerprint density at radius 1 is 1.00 bits per heavy atom. The van der Waals surface area contributed by atoms with Crippen LogP contribution in [0.25, 0.3) is 0 Å². The van der Waals surface area contributed by atoms with Gasteiger partial charge in [-0.3, -0.25) is 4.90 Å². The lowest BCUT2D eigenvalue weighted by atomic mass is 10.1. The first-order valence-electron chi connectivity index (χ1n) is 7.70. The Balaban J connectivity index is 1.88. The van der Waals surface area contributed by atoms with Gasteiger partial charge in [-0.25, -0.2) is 0 Å². The van der Waals surface area contributed by atoms with Gasteiger partial charge in [0.05, 0.1) is 6.54 Å². The van der Waals surface area contributed by atoms with Crippen molar-refractivity contribution in [2.24, 2.45) is 5.73 Å². The second-order valence-corrected chi connectivity index (χ2v) is 5.68. The summed E-state index contributed by atoms with van der Waals surface area (Å²) < 4.78 is 28.6. The highest BCUT2D eigenvalue weighted by atomic mass is 19.3. The fourth-order valence-electron chi connectivity index (χ4n) is 2.78. The topological polar surface area (TPSA) is 32.5 Å². The van der Waals surface area contributed by atoms with E-state index >= 15 is 0 Å². The van der Waals surface area contributed by atoms with Crippen LogP contribution in [0.4, 0.5) is 8.78 Å². The van der Waals surface area contributed by atoms with E-state index in [9.17, 15) is 8.78 Å². The van der Waals surface area contributed by atoms with Crippen LogP contribution in [0, 0.1) is 0 Å². The molecule has 21 heavy (non-hydrogen) atoms. The monoisotopic (exact) mass is 297 g/mol. The van der Waals surface area contributed by atoms with Crippen LogP contribution < -0.4 is 5.73 Å². The summed E-state index contributed by atoms with van der Waals surface area (Å²) in [5.41, 5.74) is 5.63. The van der Waals surface area contributed by atoms with Crippen molar-refractivity contribution < 1.29 is 8.78 Å². The first kappa shape index (κ1) is 16.3. The average molecular weight is 297 g/mol. The van der Waals surface area contributed by atoms with Gasteiger partial charge >= 0.3 is 0 Å². The number of rotatable bonds is 6. The van der Waals surface area contributed by atoms with E-state index in [1.807, 2.05) is 4.90 Å². The number of benzene rings is 1. The Bertz CT molecular complexity index is 411. The van der Waals surface area contributed by atoms with Crippen LogP contribution in [0.3, 0.4) is 0 Å². The molecule has 118 valence electrons. The van der Waals surface area contributed by atoms with Gasteiger partial charge in [-0.2, -0.15) is 8.78 Å². The van der Waals surface area contributed by atoms with Crippen molar-refractivity contribution in [2.75, 3.05) is 45.8 Å². The van der Waals surface area contributed by atoms with Crippen molar-refractivity contribution in [3.05, 3.63) is 35.9 Å². The third kappa shape index (κ3) is 5.02. The van der Waals surface area contributed by atoms with E-state index < -0.39 is 5.92 Å². The van der Waals surface area contributed by atoms with E-state index in [4.69, 9.17) is 5.73 Å². The SMILES string of the molecule is NCCCN1CCCN(CC(F)(F)c2ccccc2)CC1. The van der Waals surface area contributed by atoms with Gasteiger partial charge in [-0.15, -0.1) is 0 Å². The molecule has 0 atom stereocenters. The highest BCUT2D eigenvalue weighted by Crippen LogP contribution is 2.29. The number of hydrogen-bond donors (Lipinski definition) is 1. The molecule has 1 aliphatic heterocycles. The number of nitrogens with two attached hydrogens (primary N) is 1. The van der Waals surface area contributed by atoms with Gasteiger partial charge in [0, 0.05) is 18.7 Å². The molecule has 2 rings (SSSR count). The number of halogens is 2. The van der Waals surface area contributed by atoms with Crippen LogP contribution in [-0.2, 0) is 5.92 Å². The van der Waals surface area contributed by atoms with Crippen LogP contribution in [0.5, 0.6) is 0 Å². The Kier molecular flexibility index (Phi) is 6.08. The molecule has 1 aliphatic rings. The molecule has 3 nitrogen and oxygen atoms in total. The quantitative estimate of drug-likeness (QED) is 0.873. The molecule has 0 amide bonds. The fraction of sp³-hybridized carbons (Fsp3) is 0.625. The largest absolute Gasteiger partial charge is 0.330 e. The molecule has 2 N–H and O–H groups in total. The molecular formula is C16H25F2N3. The zero-order valence-electron chi connectivity index (χ0n) is 12.5. The summed E-state index contributed by atoms with van der Waals surface area (Å²) in [5, 5.41) is 0. The molecule has 1 aromatic rings. The smallest absolute Gasteiger partial charge is 0.285 e. The Morgan fingerprint density at radius 3 is 2.38 bits per heavy atom. The maximum atomic E-state index is 14.3. The summed E-state index contributed by atoms with van der Waals surface area (Å²) in [6, 6.07) is 8.11. The van der Waals surface area contributed by atoms with Crippen LogP contribution in [0.1, 0.15) is 18.4 Å². The Labute approximate surface area is 125 Å². The van der Waals surface area contributed by atoms with Crippen LogP contribution in [-0.4, -0.2) is 55.6 Å². The van der Waals surface area contributed by atoms with E-state index in [-0.39, 0.29) is 12.1 Å². The zero-order valence-corrected chi connectivity index (χ0v) is 12.5. The molecule has 0 saturated carbocycles. The molecule has 0 aromatic heterocycles. The molecule has 0 radical (unpaired) electrons. The van der Waals surface area contributed by atoms with E-state index in [0.717, 1.165) is 39.0 Å². The van der Waals surface area contributed by atoms with E-state index in [1.165, 1.54) is 12.1 Å². The second kappa shape index (κ2) is 7.82. The minimum Gasteiger partial charge on any atom is -0.330 e. The zero-order chi connectivity index (χ0) is 15.1. The van der Waals surface area contributed by atoms with Crippen LogP contribution >= 0.6 is 0 Å². The van der Waals surface area contributed by atoms with Gasteiger partial charge in [0.15, 0.2) is 0 Å². The molecule has 0 bridgehead atoms. The van der Waals surface area contributed by atoms with Gasteiger partial charge in [-0.1, -0.05) is 30.3 Å². The third-order valence-corrected chi connectivity index (χ3v) is 3.98. The van der Waals surface area contributed by atoms with Gasteiger partial charge in [0.1, 0.15) is 0 Å². The standard InChI is InChI=1S/C16H25F2N3/c17-16(18,15-6-2-1-3-7-15)14-21-11-5-10-20(12-13-21)9-4-8-19/h1-3,6-7H,4-5,8-14,19H2. The lowest BCUT2D eigenvalue weighted by molar-refractivity contribution is -0.0370. The highest BCUT2D eigenvalue weighted by Gasteiger charge is 2.34. The molecule has 1 aromatic carbocycles. The Hall–Kier alpha value is -1.04. The molecule has 0 unspecified atom stereocenters. The van der Waals surface area contributed by atoms with Crippen molar-refractivity contribution in [2.45, 2.75) is 18.8 Å². The molecule has 5 heteroatoms. The van der Waals surface area contributed by atoms with Crippen molar-refractivity contribution >= 4 is 0 Å². The molecule has 0 aliphatic carbocycles. The van der Waals surface area contributed by atoms with Crippen molar-refractivity contribution in [1.82, 2.24) is 9.80 Å². The summed E-state index contributed by atoms with van der Waals surface area (Å²) in [4.78, 5) is 4.21. The van der Waals surface area contributed by atoms with Gasteiger partial charge in [0.25, 0.3) is 5.92 Å². The number of nitrogens with zero attached hydrogens (tertiary/aromatic N) is 2. The van der Waals surface area contributed by atoms with E-state index in [2.05, 4.69) is 4.90 Å². The third-order valence-electron chi connectivity index (χ3n) is 3.98. The first-order chi connectivity index (χ1) is 10.1.